The number of para-hydroxylation sites is 1. The van der Waals surface area contributed by atoms with Gasteiger partial charge in [-0.3, -0.25) is 9.29 Å². The lowest BCUT2D eigenvalue weighted by atomic mass is 10.1. The molecule has 0 spiro atoms. The highest BCUT2D eigenvalue weighted by atomic mass is 32.2. The second kappa shape index (κ2) is 9.70. The van der Waals surface area contributed by atoms with Crippen LogP contribution < -0.4 is 14.2 Å². The standard InChI is InChI=1S/C22H23FN6O5S/c1-13(20-24-11-15(23)12-25-20)14(2)35(30,31)28-22-27-26-21(18-9-6-10-34-18)29(22)19-16(32-3)7-5-8-17(19)33-4/h5-14H,1-4H3,(H,27,28). The molecule has 0 fully saturated rings. The van der Waals surface area contributed by atoms with Gasteiger partial charge in [0.1, 0.15) is 23.0 Å². The van der Waals surface area contributed by atoms with Crippen LogP contribution in [-0.4, -0.2) is 52.6 Å². The van der Waals surface area contributed by atoms with Crippen LogP contribution >= 0.6 is 0 Å². The predicted molar refractivity (Wildman–Crippen MR) is 125 cm³/mol. The molecule has 4 aromatic rings. The van der Waals surface area contributed by atoms with Gasteiger partial charge in [0.15, 0.2) is 11.6 Å². The van der Waals surface area contributed by atoms with E-state index in [2.05, 4.69) is 24.9 Å². The van der Waals surface area contributed by atoms with Crippen LogP contribution in [0.25, 0.3) is 17.3 Å². The summed E-state index contributed by atoms with van der Waals surface area (Å²) in [5.41, 5.74) is 0.370. The van der Waals surface area contributed by atoms with Crippen LogP contribution in [0.4, 0.5) is 10.3 Å². The van der Waals surface area contributed by atoms with Gasteiger partial charge in [0.05, 0.1) is 38.1 Å². The van der Waals surface area contributed by atoms with Crippen LogP contribution in [-0.2, 0) is 10.0 Å². The third kappa shape index (κ3) is 4.67. The lowest BCUT2D eigenvalue weighted by Crippen LogP contribution is -2.31. The summed E-state index contributed by atoms with van der Waals surface area (Å²) in [6.45, 7) is 3.14. The molecule has 184 valence electrons. The third-order valence-corrected chi connectivity index (χ3v) is 7.36. The molecule has 4 rings (SSSR count). The van der Waals surface area contributed by atoms with Gasteiger partial charge in [-0.25, -0.2) is 22.8 Å². The maximum absolute atomic E-state index is 13.4. The summed E-state index contributed by atoms with van der Waals surface area (Å²) in [6, 6.07) is 8.45. The molecule has 0 saturated carbocycles. The summed E-state index contributed by atoms with van der Waals surface area (Å²) in [7, 11) is -1.10. The van der Waals surface area contributed by atoms with Gasteiger partial charge in [0, 0.05) is 5.92 Å². The van der Waals surface area contributed by atoms with Crippen molar-refractivity contribution in [3.05, 3.63) is 60.6 Å². The van der Waals surface area contributed by atoms with E-state index in [1.54, 1.807) is 37.3 Å². The number of halogens is 1. The number of anilines is 1. The fourth-order valence-corrected chi connectivity index (χ4v) is 4.67. The first kappa shape index (κ1) is 24.1. The number of rotatable bonds is 9. The molecule has 0 bridgehead atoms. The maximum Gasteiger partial charge on any atom is 0.243 e. The van der Waals surface area contributed by atoms with Crippen molar-refractivity contribution in [1.29, 1.82) is 0 Å². The van der Waals surface area contributed by atoms with Crippen molar-refractivity contribution in [2.75, 3.05) is 18.9 Å². The Hall–Kier alpha value is -4.00. The van der Waals surface area contributed by atoms with E-state index in [4.69, 9.17) is 13.9 Å². The van der Waals surface area contributed by atoms with E-state index >= 15 is 0 Å². The molecule has 3 heterocycles. The summed E-state index contributed by atoms with van der Waals surface area (Å²) in [5, 5.41) is 7.23. The van der Waals surface area contributed by atoms with Gasteiger partial charge in [-0.05, 0) is 31.2 Å². The Bertz CT molecular complexity index is 1380. The van der Waals surface area contributed by atoms with E-state index in [-0.39, 0.29) is 17.6 Å². The van der Waals surface area contributed by atoms with Crippen molar-refractivity contribution in [3.8, 4) is 28.8 Å². The molecule has 2 unspecified atom stereocenters. The zero-order chi connectivity index (χ0) is 25.2. The van der Waals surface area contributed by atoms with E-state index in [0.29, 0.717) is 22.9 Å². The summed E-state index contributed by atoms with van der Waals surface area (Å²) in [5.74, 6) is 0.146. The molecule has 0 aliphatic heterocycles. The molecule has 0 aliphatic carbocycles. The van der Waals surface area contributed by atoms with Crippen molar-refractivity contribution >= 4 is 16.0 Å². The van der Waals surface area contributed by atoms with Crippen LogP contribution in [0.2, 0.25) is 0 Å². The number of aromatic nitrogens is 5. The molecular weight excluding hydrogens is 479 g/mol. The molecule has 11 nitrogen and oxygen atoms in total. The number of hydrogen-bond donors (Lipinski definition) is 1. The number of nitrogens with one attached hydrogen (secondary N) is 1. The van der Waals surface area contributed by atoms with Gasteiger partial charge in [-0.15, -0.1) is 10.2 Å². The first-order chi connectivity index (χ1) is 16.8. The molecular formula is C22H23FN6O5S. The summed E-state index contributed by atoms with van der Waals surface area (Å²) in [4.78, 5) is 7.82. The Morgan fingerprint density at radius 1 is 1.03 bits per heavy atom. The van der Waals surface area contributed by atoms with Gasteiger partial charge in [-0.2, -0.15) is 0 Å². The topological polar surface area (TPSA) is 134 Å². The minimum atomic E-state index is -4.06. The molecule has 13 heteroatoms. The predicted octanol–water partition coefficient (Wildman–Crippen LogP) is 3.41. The van der Waals surface area contributed by atoms with Gasteiger partial charge in [-0.1, -0.05) is 13.0 Å². The van der Waals surface area contributed by atoms with Gasteiger partial charge in [0.2, 0.25) is 21.8 Å². The number of benzene rings is 1. The largest absolute Gasteiger partial charge is 0.494 e. The second-order valence-corrected chi connectivity index (χ2v) is 9.61. The van der Waals surface area contributed by atoms with Crippen molar-refractivity contribution in [1.82, 2.24) is 24.7 Å². The zero-order valence-electron chi connectivity index (χ0n) is 19.3. The highest BCUT2D eigenvalue weighted by Crippen LogP contribution is 2.38. The fraction of sp³-hybridized carbons (Fsp3) is 0.273. The highest BCUT2D eigenvalue weighted by Gasteiger charge is 2.32. The van der Waals surface area contributed by atoms with Crippen molar-refractivity contribution < 1.29 is 26.7 Å². The minimum absolute atomic E-state index is 0.113. The van der Waals surface area contributed by atoms with E-state index in [0.717, 1.165) is 12.4 Å². The average Bonchev–Trinajstić information content (AvgIpc) is 3.52. The Morgan fingerprint density at radius 2 is 1.69 bits per heavy atom. The average molecular weight is 503 g/mol. The van der Waals surface area contributed by atoms with E-state index in [1.807, 2.05) is 0 Å². The Balaban J connectivity index is 1.80. The normalized spacial score (nSPS) is 13.3. The highest BCUT2D eigenvalue weighted by molar-refractivity contribution is 7.93. The minimum Gasteiger partial charge on any atom is -0.494 e. The van der Waals surface area contributed by atoms with Crippen LogP contribution in [0.3, 0.4) is 0 Å². The quantitative estimate of drug-likeness (QED) is 0.365. The van der Waals surface area contributed by atoms with Crippen molar-refractivity contribution in [3.63, 3.8) is 0 Å². The second-order valence-electron chi connectivity index (χ2n) is 7.57. The number of sulfonamides is 1. The van der Waals surface area contributed by atoms with Gasteiger partial charge >= 0.3 is 0 Å². The molecule has 2 atom stereocenters. The van der Waals surface area contributed by atoms with Crippen LogP contribution in [0.5, 0.6) is 11.5 Å². The summed E-state index contributed by atoms with van der Waals surface area (Å²) in [6.07, 6.45) is 3.45. The summed E-state index contributed by atoms with van der Waals surface area (Å²) >= 11 is 0. The van der Waals surface area contributed by atoms with Crippen LogP contribution in [0.1, 0.15) is 25.6 Å². The van der Waals surface area contributed by atoms with E-state index in [1.165, 1.54) is 32.0 Å². The number of furan rings is 1. The van der Waals surface area contributed by atoms with Crippen LogP contribution in [0, 0.1) is 5.82 Å². The number of methoxy groups -OCH3 is 2. The van der Waals surface area contributed by atoms with E-state index in [9.17, 15) is 12.8 Å². The maximum atomic E-state index is 13.4. The van der Waals surface area contributed by atoms with Crippen molar-refractivity contribution in [2.45, 2.75) is 25.0 Å². The molecule has 1 aromatic carbocycles. The van der Waals surface area contributed by atoms with E-state index < -0.39 is 27.0 Å². The Labute approximate surface area is 201 Å². The number of hydrogen-bond acceptors (Lipinski definition) is 9. The lowest BCUT2D eigenvalue weighted by molar-refractivity contribution is 0.391. The molecule has 0 radical (unpaired) electrons. The van der Waals surface area contributed by atoms with Crippen molar-refractivity contribution in [2.24, 2.45) is 0 Å². The lowest BCUT2D eigenvalue weighted by Gasteiger charge is -2.21. The molecule has 0 amide bonds. The van der Waals surface area contributed by atoms with Gasteiger partial charge in [0.25, 0.3) is 0 Å². The van der Waals surface area contributed by atoms with Crippen LogP contribution in [0.15, 0.2) is 53.4 Å². The summed E-state index contributed by atoms with van der Waals surface area (Å²) < 4.78 is 60.4. The third-order valence-electron chi connectivity index (χ3n) is 5.50. The molecule has 0 saturated heterocycles. The molecule has 1 N–H and O–H groups in total. The first-order valence-corrected chi connectivity index (χ1v) is 12.0. The SMILES string of the molecule is COc1cccc(OC)c1-n1c(NS(=O)(=O)C(C)C(C)c2ncc(F)cn2)nnc1-c1ccco1. The molecule has 35 heavy (non-hydrogen) atoms. The zero-order valence-corrected chi connectivity index (χ0v) is 20.2. The first-order valence-electron chi connectivity index (χ1n) is 10.5. The Morgan fingerprint density at radius 3 is 2.26 bits per heavy atom. The molecule has 3 aromatic heterocycles. The molecule has 0 aliphatic rings. The van der Waals surface area contributed by atoms with Gasteiger partial charge < -0.3 is 13.9 Å². The Kier molecular flexibility index (Phi) is 6.69. The number of nitrogens with zero attached hydrogens (tertiary/aromatic N) is 5. The fourth-order valence-electron chi connectivity index (χ4n) is 3.44. The number of ether oxygens (including phenoxy) is 2. The smallest absolute Gasteiger partial charge is 0.243 e. The monoisotopic (exact) mass is 502 g/mol.